The third kappa shape index (κ3) is 4.63. The molecule has 1 N–H and O–H groups in total. The van der Waals surface area contributed by atoms with E-state index in [1.165, 1.54) is 36.5 Å². The number of nitro benzene ring substituents is 1. The number of benzene rings is 2. The normalized spacial score (nSPS) is 14.9. The summed E-state index contributed by atoms with van der Waals surface area (Å²) in [6.07, 6.45) is 4.37. The van der Waals surface area contributed by atoms with E-state index in [1.807, 2.05) is 6.92 Å². The van der Waals surface area contributed by atoms with Crippen LogP contribution in [0, 0.1) is 15.9 Å². The minimum absolute atomic E-state index is 0.111. The molecular formula is C23H25FN4O3. The Hall–Kier alpha value is -3.55. The summed E-state index contributed by atoms with van der Waals surface area (Å²) in [5.41, 5.74) is 5.29. The molecule has 2 aromatic rings. The summed E-state index contributed by atoms with van der Waals surface area (Å²) >= 11 is 0. The van der Waals surface area contributed by atoms with Gasteiger partial charge in [-0.15, -0.1) is 0 Å². The second-order valence-electron chi connectivity index (χ2n) is 8.03. The molecular weight excluding hydrogens is 399 g/mol. The molecule has 0 aromatic heterocycles. The molecule has 2 aromatic carbocycles. The van der Waals surface area contributed by atoms with Crippen molar-refractivity contribution in [1.29, 1.82) is 0 Å². The second-order valence-corrected chi connectivity index (χ2v) is 8.03. The summed E-state index contributed by atoms with van der Waals surface area (Å²) in [5.74, 6) is -0.977. The van der Waals surface area contributed by atoms with Gasteiger partial charge in [-0.3, -0.25) is 14.9 Å². The number of carbonyl (C=O) groups is 1. The van der Waals surface area contributed by atoms with Crippen molar-refractivity contribution >= 4 is 29.1 Å². The molecule has 0 saturated carbocycles. The van der Waals surface area contributed by atoms with Gasteiger partial charge in [-0.05, 0) is 57.0 Å². The molecule has 0 atom stereocenters. The van der Waals surface area contributed by atoms with Gasteiger partial charge in [0.25, 0.3) is 11.6 Å². The quantitative estimate of drug-likeness (QED) is 0.405. The maximum absolute atomic E-state index is 14.8. The van der Waals surface area contributed by atoms with Crippen LogP contribution in [0.3, 0.4) is 0 Å². The summed E-state index contributed by atoms with van der Waals surface area (Å²) in [6, 6.07) is 8.39. The number of rotatable bonds is 6. The van der Waals surface area contributed by atoms with E-state index in [-0.39, 0.29) is 22.4 Å². The Morgan fingerprint density at radius 2 is 1.97 bits per heavy atom. The number of hydrazone groups is 1. The lowest BCUT2D eigenvalue weighted by atomic mass is 9.88. The maximum atomic E-state index is 14.8. The van der Waals surface area contributed by atoms with Crippen LogP contribution in [0.25, 0.3) is 5.57 Å². The van der Waals surface area contributed by atoms with Crippen molar-refractivity contribution in [3.63, 3.8) is 0 Å². The topological polar surface area (TPSA) is 87.8 Å². The molecule has 31 heavy (non-hydrogen) atoms. The number of carbonyl (C=O) groups excluding carboxylic acids is 1. The second kappa shape index (κ2) is 8.67. The van der Waals surface area contributed by atoms with E-state index in [0.717, 1.165) is 29.8 Å². The monoisotopic (exact) mass is 424 g/mol. The summed E-state index contributed by atoms with van der Waals surface area (Å²) in [5, 5.41) is 14.6. The van der Waals surface area contributed by atoms with Crippen molar-refractivity contribution in [2.24, 2.45) is 5.10 Å². The Morgan fingerprint density at radius 1 is 1.29 bits per heavy atom. The van der Waals surface area contributed by atoms with Gasteiger partial charge in [0.05, 0.1) is 16.7 Å². The molecule has 0 saturated heterocycles. The first-order valence-electron chi connectivity index (χ1n) is 10.0. The van der Waals surface area contributed by atoms with Gasteiger partial charge < -0.3 is 4.90 Å². The van der Waals surface area contributed by atoms with Crippen molar-refractivity contribution < 1.29 is 14.1 Å². The molecule has 3 rings (SSSR count). The Balaban J connectivity index is 1.81. The molecule has 1 heterocycles. The van der Waals surface area contributed by atoms with E-state index in [1.54, 1.807) is 6.07 Å². The fourth-order valence-electron chi connectivity index (χ4n) is 3.81. The maximum Gasteiger partial charge on any atom is 0.271 e. The highest BCUT2D eigenvalue weighted by Crippen LogP contribution is 2.39. The first kappa shape index (κ1) is 22.1. The third-order valence-electron chi connectivity index (χ3n) is 5.25. The summed E-state index contributed by atoms with van der Waals surface area (Å²) in [4.78, 5) is 24.5. The standard InChI is InChI=1S/C23H25FN4O3/c1-5-10-27-21-12-20(24)17(11-19(21)15(2)13-23(27,3)4)14-25-26-22(29)16-6-8-18(9-7-16)28(30)31/h6-9,11-14H,5,10H2,1-4H3,(H,26,29)/b25-14-. The van der Waals surface area contributed by atoms with Crippen molar-refractivity contribution in [3.8, 4) is 0 Å². The predicted molar refractivity (Wildman–Crippen MR) is 120 cm³/mol. The van der Waals surface area contributed by atoms with Crippen LogP contribution in [0.5, 0.6) is 0 Å². The van der Waals surface area contributed by atoms with Crippen molar-refractivity contribution in [1.82, 2.24) is 5.43 Å². The first-order valence-corrected chi connectivity index (χ1v) is 10.0. The van der Waals surface area contributed by atoms with Crippen molar-refractivity contribution in [3.05, 3.63) is 75.1 Å². The Labute approximate surface area is 180 Å². The number of amides is 1. The number of fused-ring (bicyclic) bond motifs is 1. The highest BCUT2D eigenvalue weighted by molar-refractivity contribution is 5.95. The van der Waals surface area contributed by atoms with Gasteiger partial charge in [0, 0.05) is 41.1 Å². The summed E-state index contributed by atoms with van der Waals surface area (Å²) in [7, 11) is 0. The van der Waals surface area contributed by atoms with E-state index in [2.05, 4.69) is 42.3 Å². The summed E-state index contributed by atoms with van der Waals surface area (Å²) < 4.78 is 14.8. The SMILES string of the molecule is CCCN1c2cc(F)c(/C=N\NC(=O)c3ccc([N+](=O)[O-])cc3)cc2C(C)=CC1(C)C. The molecule has 162 valence electrons. The fourth-order valence-corrected chi connectivity index (χ4v) is 3.81. The van der Waals surface area contributed by atoms with Crippen LogP contribution in [0.1, 0.15) is 55.6 Å². The fraction of sp³-hybridized carbons (Fsp3) is 0.304. The van der Waals surface area contributed by atoms with Gasteiger partial charge in [-0.2, -0.15) is 5.10 Å². The van der Waals surface area contributed by atoms with Gasteiger partial charge in [0.1, 0.15) is 5.82 Å². The average Bonchev–Trinajstić information content (AvgIpc) is 2.71. The van der Waals surface area contributed by atoms with E-state index in [4.69, 9.17) is 0 Å². The number of allylic oxidation sites excluding steroid dienone is 1. The lowest BCUT2D eigenvalue weighted by Gasteiger charge is -2.43. The molecule has 1 aliphatic heterocycles. The van der Waals surface area contributed by atoms with Crippen LogP contribution < -0.4 is 10.3 Å². The van der Waals surface area contributed by atoms with Gasteiger partial charge >= 0.3 is 0 Å². The van der Waals surface area contributed by atoms with Crippen LogP contribution >= 0.6 is 0 Å². The molecule has 1 amide bonds. The average molecular weight is 424 g/mol. The van der Waals surface area contributed by atoms with Crippen LogP contribution in [0.4, 0.5) is 15.8 Å². The minimum Gasteiger partial charge on any atom is -0.362 e. The van der Waals surface area contributed by atoms with Crippen LogP contribution in [-0.2, 0) is 0 Å². The smallest absolute Gasteiger partial charge is 0.271 e. The lowest BCUT2D eigenvalue weighted by Crippen LogP contribution is -2.45. The largest absolute Gasteiger partial charge is 0.362 e. The third-order valence-corrected chi connectivity index (χ3v) is 5.25. The Bertz CT molecular complexity index is 1070. The molecule has 0 spiro atoms. The molecule has 0 aliphatic carbocycles. The molecule has 0 bridgehead atoms. The van der Waals surface area contributed by atoms with Crippen LogP contribution in [-0.4, -0.2) is 29.1 Å². The highest BCUT2D eigenvalue weighted by atomic mass is 19.1. The molecule has 0 unspecified atom stereocenters. The van der Waals surface area contributed by atoms with Crippen molar-refractivity contribution in [2.75, 3.05) is 11.4 Å². The zero-order valence-electron chi connectivity index (χ0n) is 18.0. The van der Waals surface area contributed by atoms with E-state index >= 15 is 0 Å². The van der Waals surface area contributed by atoms with Crippen LogP contribution in [0.2, 0.25) is 0 Å². The molecule has 1 aliphatic rings. The molecule has 0 fully saturated rings. The Kier molecular flexibility index (Phi) is 6.19. The first-order chi connectivity index (χ1) is 14.6. The minimum atomic E-state index is -0.545. The highest BCUT2D eigenvalue weighted by Gasteiger charge is 2.31. The van der Waals surface area contributed by atoms with Gasteiger partial charge in [0.15, 0.2) is 0 Å². The zero-order valence-corrected chi connectivity index (χ0v) is 18.0. The number of nitro groups is 1. The number of halogens is 1. The number of hydrogen-bond donors (Lipinski definition) is 1. The van der Waals surface area contributed by atoms with E-state index in [9.17, 15) is 19.3 Å². The van der Waals surface area contributed by atoms with E-state index in [0.29, 0.717) is 0 Å². The van der Waals surface area contributed by atoms with Gasteiger partial charge in [-0.25, -0.2) is 9.82 Å². The molecule has 0 radical (unpaired) electrons. The van der Waals surface area contributed by atoms with Crippen LogP contribution in [0.15, 0.2) is 47.6 Å². The van der Waals surface area contributed by atoms with Crippen molar-refractivity contribution in [2.45, 2.75) is 39.7 Å². The number of anilines is 1. The van der Waals surface area contributed by atoms with Gasteiger partial charge in [0.2, 0.25) is 0 Å². The number of nitrogens with zero attached hydrogens (tertiary/aromatic N) is 3. The number of non-ortho nitro benzene ring substituents is 1. The predicted octanol–water partition coefficient (Wildman–Crippen LogP) is 4.91. The number of hydrogen-bond acceptors (Lipinski definition) is 5. The number of nitrogens with one attached hydrogen (secondary N) is 1. The van der Waals surface area contributed by atoms with E-state index < -0.39 is 16.6 Å². The lowest BCUT2D eigenvalue weighted by molar-refractivity contribution is -0.384. The summed E-state index contributed by atoms with van der Waals surface area (Å²) in [6.45, 7) is 9.11. The zero-order chi connectivity index (χ0) is 22.8. The molecule has 8 heteroatoms. The molecule has 7 nitrogen and oxygen atoms in total. The Morgan fingerprint density at radius 3 is 2.58 bits per heavy atom. The van der Waals surface area contributed by atoms with Gasteiger partial charge in [-0.1, -0.05) is 13.0 Å².